The molecule has 4 aromatic rings. The van der Waals surface area contributed by atoms with Gasteiger partial charge in [0.1, 0.15) is 17.2 Å². The average Bonchev–Trinajstić information content (AvgIpc) is 2.70. The van der Waals surface area contributed by atoms with Crippen LogP contribution in [-0.4, -0.2) is 15.3 Å². The van der Waals surface area contributed by atoms with Gasteiger partial charge in [-0.25, -0.2) is 0 Å². The molecule has 0 saturated carbocycles. The first kappa shape index (κ1) is 16.7. The fraction of sp³-hybridized carbons (Fsp3) is 0. The van der Waals surface area contributed by atoms with Crippen molar-refractivity contribution in [3.05, 3.63) is 91.0 Å². The van der Waals surface area contributed by atoms with Crippen molar-refractivity contribution in [3.63, 3.8) is 0 Å². The van der Waals surface area contributed by atoms with Gasteiger partial charge in [-0.2, -0.15) is 0 Å². The van der Waals surface area contributed by atoms with Crippen molar-refractivity contribution >= 4 is 0 Å². The van der Waals surface area contributed by atoms with Crippen molar-refractivity contribution < 1.29 is 15.3 Å². The van der Waals surface area contributed by atoms with E-state index in [9.17, 15) is 15.3 Å². The van der Waals surface area contributed by atoms with Gasteiger partial charge in [-0.15, -0.1) is 0 Å². The standard InChI is InChI=1S/C24H18O3/c25-19-9-6-17(7-10-19)21-12-11-20(26)15-22(21)23-14-18(8-13-24(23)27)16-4-2-1-3-5-16/h1-15,25-27H. The minimum atomic E-state index is 0.122. The van der Waals surface area contributed by atoms with E-state index in [1.54, 1.807) is 30.3 Å². The van der Waals surface area contributed by atoms with Gasteiger partial charge >= 0.3 is 0 Å². The molecule has 4 aromatic carbocycles. The molecule has 0 aliphatic rings. The van der Waals surface area contributed by atoms with E-state index in [1.807, 2.05) is 60.7 Å². The van der Waals surface area contributed by atoms with E-state index in [1.165, 1.54) is 0 Å². The molecule has 0 saturated heterocycles. The Morgan fingerprint density at radius 1 is 0.407 bits per heavy atom. The van der Waals surface area contributed by atoms with Gasteiger partial charge in [-0.05, 0) is 64.2 Å². The zero-order valence-electron chi connectivity index (χ0n) is 14.5. The van der Waals surface area contributed by atoms with Crippen LogP contribution in [0.15, 0.2) is 91.0 Å². The first-order valence-corrected chi connectivity index (χ1v) is 8.63. The average molecular weight is 354 g/mol. The smallest absolute Gasteiger partial charge is 0.123 e. The molecule has 0 amide bonds. The van der Waals surface area contributed by atoms with Crippen molar-refractivity contribution in [1.29, 1.82) is 0 Å². The number of hydrogen-bond acceptors (Lipinski definition) is 3. The van der Waals surface area contributed by atoms with Crippen molar-refractivity contribution in [2.75, 3.05) is 0 Å². The maximum absolute atomic E-state index is 10.5. The third kappa shape index (κ3) is 3.35. The summed E-state index contributed by atoms with van der Waals surface area (Å²) in [6.07, 6.45) is 0. The lowest BCUT2D eigenvalue weighted by Gasteiger charge is -2.14. The molecule has 0 atom stereocenters. The van der Waals surface area contributed by atoms with Crippen LogP contribution in [0.25, 0.3) is 33.4 Å². The third-order valence-electron chi connectivity index (χ3n) is 4.58. The number of phenolic OH excluding ortho intramolecular Hbond substituents is 3. The van der Waals surface area contributed by atoms with Crippen LogP contribution in [-0.2, 0) is 0 Å². The van der Waals surface area contributed by atoms with Crippen LogP contribution in [0.2, 0.25) is 0 Å². The first-order valence-electron chi connectivity index (χ1n) is 8.63. The predicted octanol–water partition coefficient (Wildman–Crippen LogP) is 5.80. The van der Waals surface area contributed by atoms with E-state index in [0.29, 0.717) is 5.56 Å². The molecule has 0 aliphatic carbocycles. The third-order valence-corrected chi connectivity index (χ3v) is 4.58. The molecule has 4 rings (SSSR count). The molecule has 0 heterocycles. The van der Waals surface area contributed by atoms with E-state index in [0.717, 1.165) is 27.8 Å². The Kier molecular flexibility index (Phi) is 4.27. The van der Waals surface area contributed by atoms with E-state index >= 15 is 0 Å². The number of hydrogen-bond donors (Lipinski definition) is 3. The molecule has 0 aliphatic heterocycles. The summed E-state index contributed by atoms with van der Waals surface area (Å²) in [4.78, 5) is 0. The van der Waals surface area contributed by atoms with Crippen LogP contribution in [0, 0.1) is 0 Å². The number of rotatable bonds is 3. The van der Waals surface area contributed by atoms with Gasteiger partial charge in [0, 0.05) is 5.56 Å². The second kappa shape index (κ2) is 6.89. The molecule has 27 heavy (non-hydrogen) atoms. The normalized spacial score (nSPS) is 10.7. The zero-order chi connectivity index (χ0) is 18.8. The SMILES string of the molecule is Oc1ccc(-c2ccc(O)cc2-c2cc(-c3ccccc3)ccc2O)cc1. The first-order chi connectivity index (χ1) is 13.1. The van der Waals surface area contributed by atoms with Gasteiger partial charge < -0.3 is 15.3 Å². The van der Waals surface area contributed by atoms with Crippen molar-refractivity contribution in [2.45, 2.75) is 0 Å². The Morgan fingerprint density at radius 3 is 1.81 bits per heavy atom. The molecule has 0 aromatic heterocycles. The lowest BCUT2D eigenvalue weighted by atomic mass is 9.91. The van der Waals surface area contributed by atoms with Crippen LogP contribution in [0.3, 0.4) is 0 Å². The highest BCUT2D eigenvalue weighted by molar-refractivity contribution is 5.88. The Balaban J connectivity index is 1.91. The molecule has 0 spiro atoms. The molecule has 0 radical (unpaired) electrons. The largest absolute Gasteiger partial charge is 0.508 e. The quantitative estimate of drug-likeness (QED) is 0.435. The Labute approximate surface area is 157 Å². The van der Waals surface area contributed by atoms with Gasteiger partial charge in [-0.1, -0.05) is 54.6 Å². The predicted molar refractivity (Wildman–Crippen MR) is 108 cm³/mol. The summed E-state index contributed by atoms with van der Waals surface area (Å²) in [5, 5.41) is 30.1. The van der Waals surface area contributed by atoms with Gasteiger partial charge in [-0.3, -0.25) is 0 Å². The lowest BCUT2D eigenvalue weighted by molar-refractivity contribution is 0.473. The summed E-state index contributed by atoms with van der Waals surface area (Å²) in [5.41, 5.74) is 5.11. The van der Waals surface area contributed by atoms with Gasteiger partial charge in [0.05, 0.1) is 0 Å². The number of benzene rings is 4. The molecule has 3 heteroatoms. The van der Waals surface area contributed by atoms with Crippen LogP contribution in [0.5, 0.6) is 17.2 Å². The maximum Gasteiger partial charge on any atom is 0.123 e. The topological polar surface area (TPSA) is 60.7 Å². The van der Waals surface area contributed by atoms with Gasteiger partial charge in [0.15, 0.2) is 0 Å². The summed E-state index contributed by atoms with van der Waals surface area (Å²) in [7, 11) is 0. The van der Waals surface area contributed by atoms with Gasteiger partial charge in [0.2, 0.25) is 0 Å². The number of aromatic hydroxyl groups is 3. The summed E-state index contributed by atoms with van der Waals surface area (Å²) in [5.74, 6) is 0.449. The van der Waals surface area contributed by atoms with Crippen LogP contribution >= 0.6 is 0 Å². The second-order valence-electron chi connectivity index (χ2n) is 6.37. The van der Waals surface area contributed by atoms with E-state index in [-0.39, 0.29) is 17.2 Å². The Morgan fingerprint density at radius 2 is 1.07 bits per heavy atom. The van der Waals surface area contributed by atoms with E-state index < -0.39 is 0 Å². The second-order valence-corrected chi connectivity index (χ2v) is 6.37. The monoisotopic (exact) mass is 354 g/mol. The fourth-order valence-corrected chi connectivity index (χ4v) is 3.21. The van der Waals surface area contributed by atoms with Crippen molar-refractivity contribution in [3.8, 4) is 50.6 Å². The van der Waals surface area contributed by atoms with E-state index in [2.05, 4.69) is 0 Å². The van der Waals surface area contributed by atoms with Crippen LogP contribution in [0.4, 0.5) is 0 Å². The van der Waals surface area contributed by atoms with Crippen molar-refractivity contribution in [1.82, 2.24) is 0 Å². The molecule has 0 bridgehead atoms. The highest BCUT2D eigenvalue weighted by Gasteiger charge is 2.13. The Hall–Kier alpha value is -3.72. The van der Waals surface area contributed by atoms with E-state index in [4.69, 9.17) is 0 Å². The summed E-state index contributed by atoms with van der Waals surface area (Å²) in [6.45, 7) is 0. The summed E-state index contributed by atoms with van der Waals surface area (Å²) in [6, 6.07) is 27.3. The summed E-state index contributed by atoms with van der Waals surface area (Å²) < 4.78 is 0. The lowest BCUT2D eigenvalue weighted by Crippen LogP contribution is -1.88. The highest BCUT2D eigenvalue weighted by atomic mass is 16.3. The minimum absolute atomic E-state index is 0.122. The number of phenols is 3. The minimum Gasteiger partial charge on any atom is -0.508 e. The fourth-order valence-electron chi connectivity index (χ4n) is 3.21. The van der Waals surface area contributed by atoms with Crippen LogP contribution in [0.1, 0.15) is 0 Å². The zero-order valence-corrected chi connectivity index (χ0v) is 14.5. The molecular weight excluding hydrogens is 336 g/mol. The highest BCUT2D eigenvalue weighted by Crippen LogP contribution is 2.40. The Bertz CT molecular complexity index is 1080. The summed E-state index contributed by atoms with van der Waals surface area (Å²) >= 11 is 0. The van der Waals surface area contributed by atoms with Crippen molar-refractivity contribution in [2.24, 2.45) is 0 Å². The molecule has 3 nitrogen and oxygen atoms in total. The molecule has 0 unspecified atom stereocenters. The van der Waals surface area contributed by atoms with Crippen LogP contribution < -0.4 is 0 Å². The maximum atomic E-state index is 10.5. The van der Waals surface area contributed by atoms with Gasteiger partial charge in [0.25, 0.3) is 0 Å². The molecule has 0 fully saturated rings. The molecule has 132 valence electrons. The molecular formula is C24H18O3. The molecule has 3 N–H and O–H groups in total.